The molecule has 3 nitrogen and oxygen atoms in total. The smallest absolute Gasteiger partial charge is 0.118 e. The number of hydrogen-bond donors (Lipinski definition) is 3. The maximum Gasteiger partial charge on any atom is 0.118 e. The van der Waals surface area contributed by atoms with E-state index in [1.807, 2.05) is 32.2 Å². The summed E-state index contributed by atoms with van der Waals surface area (Å²) in [6.45, 7) is 3.93. The molecule has 1 atom stereocenters. The molecule has 0 aliphatic carbocycles. The van der Waals surface area contributed by atoms with Crippen LogP contribution in [0.4, 0.5) is 5.69 Å². The molecule has 1 aliphatic heterocycles. The van der Waals surface area contributed by atoms with Gasteiger partial charge in [0, 0.05) is 35.6 Å². The summed E-state index contributed by atoms with van der Waals surface area (Å²) in [7, 11) is 1.89. The molecule has 1 aromatic rings. The zero-order chi connectivity index (χ0) is 12.4. The number of benzene rings is 1. The normalized spacial score (nSPS) is 19.1. The van der Waals surface area contributed by atoms with Gasteiger partial charge in [-0.3, -0.25) is 0 Å². The van der Waals surface area contributed by atoms with Crippen molar-refractivity contribution in [2.75, 3.05) is 12.4 Å². The highest BCUT2D eigenvalue weighted by Gasteiger charge is 2.17. The van der Waals surface area contributed by atoms with Crippen molar-refractivity contribution in [2.24, 2.45) is 0 Å². The number of anilines is 1. The fraction of sp³-hybridized carbons (Fsp3) is 0.286. The van der Waals surface area contributed by atoms with Crippen LogP contribution in [-0.2, 0) is 0 Å². The Kier molecular flexibility index (Phi) is 3.09. The van der Waals surface area contributed by atoms with E-state index in [0.717, 1.165) is 22.5 Å². The molecule has 0 fully saturated rings. The highest BCUT2D eigenvalue weighted by molar-refractivity contribution is 5.81. The van der Waals surface area contributed by atoms with E-state index in [2.05, 4.69) is 23.6 Å². The lowest BCUT2D eigenvalue weighted by atomic mass is 9.99. The van der Waals surface area contributed by atoms with Gasteiger partial charge in [0.25, 0.3) is 0 Å². The van der Waals surface area contributed by atoms with Gasteiger partial charge in [0.1, 0.15) is 5.76 Å². The Hall–Kier alpha value is -1.90. The number of allylic oxidation sites excluding steroid dienone is 1. The summed E-state index contributed by atoms with van der Waals surface area (Å²) in [4.78, 5) is 0. The predicted molar refractivity (Wildman–Crippen MR) is 72.8 cm³/mol. The van der Waals surface area contributed by atoms with E-state index < -0.39 is 0 Å². The third-order valence-electron chi connectivity index (χ3n) is 2.95. The monoisotopic (exact) mass is 230 g/mol. The number of nitrogens with one attached hydrogen (secondary N) is 2. The fourth-order valence-electron chi connectivity index (χ4n) is 1.97. The van der Waals surface area contributed by atoms with Crippen LogP contribution in [0.1, 0.15) is 25.0 Å². The largest absolute Gasteiger partial charge is 0.508 e. The van der Waals surface area contributed by atoms with Gasteiger partial charge in [0.05, 0.1) is 0 Å². The van der Waals surface area contributed by atoms with E-state index in [9.17, 15) is 5.11 Å². The van der Waals surface area contributed by atoms with Crippen LogP contribution in [0.2, 0.25) is 0 Å². The summed E-state index contributed by atoms with van der Waals surface area (Å²) in [5, 5.41) is 16.2. The van der Waals surface area contributed by atoms with Gasteiger partial charge in [0.15, 0.2) is 0 Å². The Labute approximate surface area is 102 Å². The van der Waals surface area contributed by atoms with Crippen LogP contribution in [0.5, 0.6) is 0 Å². The summed E-state index contributed by atoms with van der Waals surface area (Å²) in [6, 6.07) is 6.34. The summed E-state index contributed by atoms with van der Waals surface area (Å²) in [5.41, 5.74) is 4.13. The van der Waals surface area contributed by atoms with Crippen LogP contribution in [-0.4, -0.2) is 18.2 Å². The molecule has 1 aromatic carbocycles. The zero-order valence-corrected chi connectivity index (χ0v) is 10.4. The van der Waals surface area contributed by atoms with Gasteiger partial charge in [-0.1, -0.05) is 12.1 Å². The highest BCUT2D eigenvalue weighted by Crippen LogP contribution is 2.29. The molecule has 0 bridgehead atoms. The second-order valence-electron chi connectivity index (χ2n) is 4.20. The van der Waals surface area contributed by atoms with Crippen molar-refractivity contribution in [3.05, 3.63) is 41.5 Å². The molecule has 17 heavy (non-hydrogen) atoms. The fourth-order valence-corrected chi connectivity index (χ4v) is 1.97. The number of aliphatic hydroxyl groups excluding tert-OH is 1. The summed E-state index contributed by atoms with van der Waals surface area (Å²) < 4.78 is 0. The molecular formula is C14H18N2O. The molecule has 90 valence electrons. The molecule has 2 rings (SSSR count). The Balaban J connectivity index is 2.39. The molecule has 0 aromatic heterocycles. The van der Waals surface area contributed by atoms with Crippen LogP contribution < -0.4 is 10.6 Å². The second kappa shape index (κ2) is 4.53. The van der Waals surface area contributed by atoms with Gasteiger partial charge in [-0.2, -0.15) is 0 Å². The van der Waals surface area contributed by atoms with Crippen molar-refractivity contribution < 1.29 is 5.11 Å². The molecule has 3 N–H and O–H groups in total. The lowest BCUT2D eigenvalue weighted by Gasteiger charge is -2.27. The maximum atomic E-state index is 9.70. The molecule has 1 unspecified atom stereocenters. The minimum atomic E-state index is 0.303. The molecule has 0 spiro atoms. The SMILES string of the molecule is C/C=C(/O)c1ccc(C2=CC(C)N2)c(NC)c1. The third kappa shape index (κ3) is 2.13. The van der Waals surface area contributed by atoms with Gasteiger partial charge >= 0.3 is 0 Å². The first-order valence-corrected chi connectivity index (χ1v) is 5.82. The molecule has 1 aliphatic rings. The summed E-state index contributed by atoms with van der Waals surface area (Å²) in [5.74, 6) is 0.303. The van der Waals surface area contributed by atoms with Crippen LogP contribution in [0, 0.1) is 0 Å². The van der Waals surface area contributed by atoms with Gasteiger partial charge in [-0.15, -0.1) is 0 Å². The van der Waals surface area contributed by atoms with Crippen molar-refractivity contribution in [3.8, 4) is 0 Å². The maximum absolute atomic E-state index is 9.70. The lowest BCUT2D eigenvalue weighted by molar-refractivity contribution is 0.511. The molecule has 0 radical (unpaired) electrons. The Morgan fingerprint density at radius 2 is 2.18 bits per heavy atom. The number of rotatable bonds is 3. The highest BCUT2D eigenvalue weighted by atomic mass is 16.3. The van der Waals surface area contributed by atoms with Crippen LogP contribution in [0.3, 0.4) is 0 Å². The van der Waals surface area contributed by atoms with Gasteiger partial charge < -0.3 is 15.7 Å². The standard InChI is InChI=1S/C14H18N2O/c1-4-14(17)10-5-6-11(12(8-10)15-3)13-7-9(2)16-13/h4-9,15-17H,1-3H3/b14-4+. The Morgan fingerprint density at radius 3 is 2.71 bits per heavy atom. The molecule has 0 saturated carbocycles. The molecule has 0 amide bonds. The van der Waals surface area contributed by atoms with Gasteiger partial charge in [0.2, 0.25) is 0 Å². The summed E-state index contributed by atoms with van der Waals surface area (Å²) >= 11 is 0. The molecule has 1 heterocycles. The molecule has 0 saturated heterocycles. The minimum absolute atomic E-state index is 0.303. The third-order valence-corrected chi connectivity index (χ3v) is 2.95. The van der Waals surface area contributed by atoms with Crippen LogP contribution in [0.15, 0.2) is 30.4 Å². The van der Waals surface area contributed by atoms with Gasteiger partial charge in [-0.25, -0.2) is 0 Å². The predicted octanol–water partition coefficient (Wildman–Crippen LogP) is 2.98. The first kappa shape index (κ1) is 11.6. The van der Waals surface area contributed by atoms with E-state index in [4.69, 9.17) is 0 Å². The van der Waals surface area contributed by atoms with Crippen molar-refractivity contribution >= 4 is 17.1 Å². The summed E-state index contributed by atoms with van der Waals surface area (Å²) in [6.07, 6.45) is 3.88. The first-order valence-electron chi connectivity index (χ1n) is 5.82. The Bertz CT molecular complexity index is 489. The number of aliphatic hydroxyl groups is 1. The first-order chi connectivity index (χ1) is 8.15. The number of hydrogen-bond acceptors (Lipinski definition) is 3. The lowest BCUT2D eigenvalue weighted by Crippen LogP contribution is -2.32. The molecular weight excluding hydrogens is 212 g/mol. The second-order valence-corrected chi connectivity index (χ2v) is 4.20. The average molecular weight is 230 g/mol. The topological polar surface area (TPSA) is 44.3 Å². The van der Waals surface area contributed by atoms with Crippen molar-refractivity contribution in [1.29, 1.82) is 0 Å². The van der Waals surface area contributed by atoms with Crippen molar-refractivity contribution in [2.45, 2.75) is 19.9 Å². The van der Waals surface area contributed by atoms with Crippen molar-refractivity contribution in [1.82, 2.24) is 5.32 Å². The average Bonchev–Trinajstić information content (AvgIpc) is 2.33. The van der Waals surface area contributed by atoms with E-state index in [0.29, 0.717) is 11.8 Å². The van der Waals surface area contributed by atoms with E-state index >= 15 is 0 Å². The van der Waals surface area contributed by atoms with Crippen molar-refractivity contribution in [3.63, 3.8) is 0 Å². The quantitative estimate of drug-likeness (QED) is 0.699. The molecule has 3 heteroatoms. The zero-order valence-electron chi connectivity index (χ0n) is 10.4. The minimum Gasteiger partial charge on any atom is -0.508 e. The Morgan fingerprint density at radius 1 is 1.47 bits per heavy atom. The van der Waals surface area contributed by atoms with Crippen LogP contribution >= 0.6 is 0 Å². The van der Waals surface area contributed by atoms with E-state index in [1.54, 1.807) is 6.08 Å². The van der Waals surface area contributed by atoms with Crippen LogP contribution in [0.25, 0.3) is 11.5 Å². The van der Waals surface area contributed by atoms with E-state index in [-0.39, 0.29) is 0 Å². The van der Waals surface area contributed by atoms with Gasteiger partial charge in [-0.05, 0) is 32.1 Å². The van der Waals surface area contributed by atoms with E-state index in [1.165, 1.54) is 0 Å².